The molecule has 156 valence electrons. The third-order valence-corrected chi connectivity index (χ3v) is 5.66. The van der Waals surface area contributed by atoms with Crippen molar-refractivity contribution in [1.82, 2.24) is 9.66 Å². The van der Waals surface area contributed by atoms with Crippen molar-refractivity contribution < 1.29 is 4.74 Å². The fraction of sp³-hybridized carbons (Fsp3) is 0.125. The van der Waals surface area contributed by atoms with E-state index in [0.29, 0.717) is 16.7 Å². The van der Waals surface area contributed by atoms with Gasteiger partial charge in [-0.3, -0.25) is 4.79 Å². The molecule has 0 amide bonds. The van der Waals surface area contributed by atoms with Crippen LogP contribution in [-0.4, -0.2) is 22.0 Å². The van der Waals surface area contributed by atoms with E-state index >= 15 is 0 Å². The molecule has 0 aliphatic rings. The summed E-state index contributed by atoms with van der Waals surface area (Å²) in [5.74, 6) is 1.21. The van der Waals surface area contributed by atoms with Crippen LogP contribution >= 0.6 is 31.9 Å². The largest absolute Gasteiger partial charge is 0.489 e. The van der Waals surface area contributed by atoms with Crippen molar-refractivity contribution >= 4 is 49.0 Å². The number of halogens is 2. The molecule has 0 radical (unpaired) electrons. The molecule has 1 aromatic heterocycles. The molecule has 0 aliphatic heterocycles. The summed E-state index contributed by atoms with van der Waals surface area (Å²) in [7, 11) is 0. The molecule has 5 nitrogen and oxygen atoms in total. The molecule has 0 fully saturated rings. The minimum Gasteiger partial charge on any atom is -0.489 e. The zero-order chi connectivity index (χ0) is 22.0. The third-order valence-electron chi connectivity index (χ3n) is 4.48. The van der Waals surface area contributed by atoms with Crippen LogP contribution in [0, 0.1) is 0 Å². The molecule has 4 rings (SSSR count). The molecule has 3 aromatic carbocycles. The van der Waals surface area contributed by atoms with Crippen molar-refractivity contribution in [1.29, 1.82) is 0 Å². The average Bonchev–Trinajstić information content (AvgIpc) is 2.76. The highest BCUT2D eigenvalue weighted by Crippen LogP contribution is 2.35. The molecule has 0 saturated carbocycles. The van der Waals surface area contributed by atoms with Crippen LogP contribution in [0.15, 0.2) is 85.6 Å². The molecule has 31 heavy (non-hydrogen) atoms. The average molecular weight is 541 g/mol. The highest BCUT2D eigenvalue weighted by molar-refractivity contribution is 9.11. The number of hydrogen-bond acceptors (Lipinski definition) is 4. The van der Waals surface area contributed by atoms with E-state index in [1.54, 1.807) is 12.3 Å². The quantitative estimate of drug-likeness (QED) is 0.281. The molecule has 0 N–H and O–H groups in total. The molecule has 1 heterocycles. The SMILES string of the molecule is CC(C)Oc1c(Br)cc(C=Nn2c(-c3ccccc3)nc3ccccc3c2=O)cc1Br. The van der Waals surface area contributed by atoms with Gasteiger partial charge in [-0.25, -0.2) is 4.98 Å². The lowest BCUT2D eigenvalue weighted by molar-refractivity contribution is 0.239. The lowest BCUT2D eigenvalue weighted by Gasteiger charge is -2.14. The Morgan fingerprint density at radius 3 is 2.32 bits per heavy atom. The van der Waals surface area contributed by atoms with E-state index in [1.165, 1.54) is 4.68 Å². The minimum atomic E-state index is -0.224. The first-order valence-corrected chi connectivity index (χ1v) is 11.3. The summed E-state index contributed by atoms with van der Waals surface area (Å²) in [4.78, 5) is 17.9. The van der Waals surface area contributed by atoms with Gasteiger partial charge in [-0.15, -0.1) is 0 Å². The Morgan fingerprint density at radius 2 is 1.65 bits per heavy atom. The van der Waals surface area contributed by atoms with Crippen LogP contribution in [0.2, 0.25) is 0 Å². The Kier molecular flexibility index (Phi) is 6.34. The fourth-order valence-corrected chi connectivity index (χ4v) is 4.54. The Balaban J connectivity index is 1.84. The Bertz CT molecular complexity index is 1310. The van der Waals surface area contributed by atoms with E-state index in [-0.39, 0.29) is 11.7 Å². The van der Waals surface area contributed by atoms with Gasteiger partial charge in [-0.2, -0.15) is 9.78 Å². The maximum atomic E-state index is 13.2. The predicted molar refractivity (Wildman–Crippen MR) is 132 cm³/mol. The van der Waals surface area contributed by atoms with Gasteiger partial charge in [-0.1, -0.05) is 42.5 Å². The van der Waals surface area contributed by atoms with Gasteiger partial charge in [-0.05, 0) is 75.5 Å². The molecule has 7 heteroatoms. The zero-order valence-electron chi connectivity index (χ0n) is 16.9. The van der Waals surface area contributed by atoms with Crippen LogP contribution in [0.5, 0.6) is 5.75 Å². The second-order valence-corrected chi connectivity index (χ2v) is 8.87. The van der Waals surface area contributed by atoms with Crippen molar-refractivity contribution in [3.05, 3.63) is 91.6 Å². The predicted octanol–water partition coefficient (Wildman–Crippen LogP) is 6.26. The van der Waals surface area contributed by atoms with Crippen LogP contribution in [0.4, 0.5) is 0 Å². The monoisotopic (exact) mass is 539 g/mol. The molecule has 0 aliphatic carbocycles. The highest BCUT2D eigenvalue weighted by Gasteiger charge is 2.13. The van der Waals surface area contributed by atoms with Gasteiger partial charge in [0.2, 0.25) is 0 Å². The molecule has 0 spiro atoms. The number of benzene rings is 3. The maximum absolute atomic E-state index is 13.2. The minimum absolute atomic E-state index is 0.0443. The lowest BCUT2D eigenvalue weighted by Crippen LogP contribution is -2.20. The number of fused-ring (bicyclic) bond motifs is 1. The first-order valence-electron chi connectivity index (χ1n) is 9.71. The Hall–Kier alpha value is -2.77. The van der Waals surface area contributed by atoms with Crippen LogP contribution < -0.4 is 10.3 Å². The normalized spacial score (nSPS) is 11.5. The van der Waals surface area contributed by atoms with Gasteiger partial charge in [0.15, 0.2) is 5.82 Å². The van der Waals surface area contributed by atoms with Gasteiger partial charge in [0.1, 0.15) is 5.75 Å². The first kappa shape index (κ1) is 21.5. The Morgan fingerprint density at radius 1 is 1.00 bits per heavy atom. The smallest absolute Gasteiger partial charge is 0.282 e. The molecule has 0 saturated heterocycles. The number of hydrogen-bond donors (Lipinski definition) is 0. The van der Waals surface area contributed by atoms with E-state index < -0.39 is 0 Å². The summed E-state index contributed by atoms with van der Waals surface area (Å²) in [5.41, 5.74) is 2.02. The summed E-state index contributed by atoms with van der Waals surface area (Å²) in [6, 6.07) is 20.6. The van der Waals surface area contributed by atoms with E-state index in [9.17, 15) is 4.79 Å². The van der Waals surface area contributed by atoms with Gasteiger partial charge in [0.25, 0.3) is 5.56 Å². The maximum Gasteiger partial charge on any atom is 0.282 e. The van der Waals surface area contributed by atoms with Crippen LogP contribution in [0.3, 0.4) is 0 Å². The summed E-state index contributed by atoms with van der Waals surface area (Å²) in [5, 5.41) is 5.03. The van der Waals surface area contributed by atoms with Crippen molar-refractivity contribution in [3.63, 3.8) is 0 Å². The second-order valence-electron chi connectivity index (χ2n) is 7.16. The van der Waals surface area contributed by atoms with Gasteiger partial charge in [0.05, 0.1) is 32.2 Å². The zero-order valence-corrected chi connectivity index (χ0v) is 20.1. The van der Waals surface area contributed by atoms with Gasteiger partial charge in [0, 0.05) is 5.56 Å². The lowest BCUT2D eigenvalue weighted by atomic mass is 10.2. The summed E-state index contributed by atoms with van der Waals surface area (Å²) >= 11 is 7.11. The van der Waals surface area contributed by atoms with Crippen LogP contribution in [0.1, 0.15) is 19.4 Å². The van der Waals surface area contributed by atoms with Gasteiger partial charge < -0.3 is 4.74 Å². The number of ether oxygens (including phenoxy) is 1. The number of nitrogens with zero attached hydrogens (tertiary/aromatic N) is 3. The molecule has 4 aromatic rings. The summed E-state index contributed by atoms with van der Waals surface area (Å²) in [6.45, 7) is 3.94. The van der Waals surface area contributed by atoms with Crippen LogP contribution in [-0.2, 0) is 0 Å². The number of rotatable bonds is 5. The van der Waals surface area contributed by atoms with Gasteiger partial charge >= 0.3 is 0 Å². The van der Waals surface area contributed by atoms with Crippen LogP contribution in [0.25, 0.3) is 22.3 Å². The first-order chi connectivity index (χ1) is 14.9. The molecular weight excluding hydrogens is 522 g/mol. The second kappa shape index (κ2) is 9.16. The molecule has 0 atom stereocenters. The van der Waals surface area contributed by atoms with Crippen molar-refractivity contribution in [3.8, 4) is 17.1 Å². The summed E-state index contributed by atoms with van der Waals surface area (Å²) in [6.07, 6.45) is 1.68. The standard InChI is InChI=1S/C24H19Br2N3O2/c1-15(2)31-22-19(25)12-16(13-20(22)26)14-27-29-23(17-8-4-3-5-9-17)28-21-11-7-6-10-18(21)24(29)30/h3-15H,1-2H3. The van der Waals surface area contributed by atoms with E-state index in [0.717, 1.165) is 25.8 Å². The van der Waals surface area contributed by atoms with E-state index in [2.05, 4.69) is 37.0 Å². The Labute approximate surface area is 196 Å². The topological polar surface area (TPSA) is 56.5 Å². The van der Waals surface area contributed by atoms with Crippen molar-refractivity contribution in [2.24, 2.45) is 5.10 Å². The number of para-hydroxylation sites is 1. The molecule has 0 unspecified atom stereocenters. The fourth-order valence-electron chi connectivity index (χ4n) is 3.13. The van der Waals surface area contributed by atoms with Crippen molar-refractivity contribution in [2.45, 2.75) is 20.0 Å². The summed E-state index contributed by atoms with van der Waals surface area (Å²) < 4.78 is 8.77. The van der Waals surface area contributed by atoms with E-state index in [4.69, 9.17) is 9.72 Å². The van der Waals surface area contributed by atoms with E-state index in [1.807, 2.05) is 74.5 Å². The molecular formula is C24H19Br2N3O2. The highest BCUT2D eigenvalue weighted by atomic mass is 79.9. The third kappa shape index (κ3) is 4.62. The van der Waals surface area contributed by atoms with Crippen molar-refractivity contribution in [2.75, 3.05) is 0 Å². The molecule has 0 bridgehead atoms. The number of aromatic nitrogens is 2.